The predicted molar refractivity (Wildman–Crippen MR) is 104 cm³/mol. The third-order valence-electron chi connectivity index (χ3n) is 4.50. The van der Waals surface area contributed by atoms with Crippen LogP contribution in [0.4, 0.5) is 0 Å². The number of unbranched alkanes of at least 4 members (excludes halogenated alkanes) is 8. The molecule has 2 aromatic rings. The van der Waals surface area contributed by atoms with Crippen molar-refractivity contribution in [2.75, 3.05) is 0 Å². The molecule has 0 aliphatic rings. The molecule has 0 amide bonds. The maximum absolute atomic E-state index is 12.3. The molecular weight excluding hydrogens is 310 g/mol. The van der Waals surface area contributed by atoms with Crippen LogP contribution in [0.2, 0.25) is 0 Å². The van der Waals surface area contributed by atoms with Gasteiger partial charge in [-0.05, 0) is 37.8 Å². The van der Waals surface area contributed by atoms with Crippen LogP contribution in [0.15, 0.2) is 36.4 Å². The molecule has 136 valence electrons. The van der Waals surface area contributed by atoms with Crippen LogP contribution >= 0.6 is 0 Å². The van der Waals surface area contributed by atoms with Gasteiger partial charge in [-0.15, -0.1) is 5.10 Å². The Bertz CT molecular complexity index is 660. The highest BCUT2D eigenvalue weighted by atomic mass is 16.2. The maximum Gasteiger partial charge on any atom is 0.248 e. The molecule has 0 atom stereocenters. The summed E-state index contributed by atoms with van der Waals surface area (Å²) in [5.41, 5.74) is 1.59. The lowest BCUT2D eigenvalue weighted by Gasteiger charge is -2.03. The molecule has 2 rings (SSSR count). The molecule has 0 fully saturated rings. The first kappa shape index (κ1) is 19.4. The van der Waals surface area contributed by atoms with Crippen molar-refractivity contribution < 1.29 is 4.79 Å². The lowest BCUT2D eigenvalue weighted by atomic mass is 10.1. The molecule has 1 aromatic carbocycles. The fraction of sp³-hybridized carbons (Fsp3) is 0.571. The number of rotatable bonds is 12. The first-order chi connectivity index (χ1) is 12.3. The van der Waals surface area contributed by atoms with Gasteiger partial charge in [-0.2, -0.15) is 4.68 Å². The first-order valence-electron chi connectivity index (χ1n) is 9.81. The summed E-state index contributed by atoms with van der Waals surface area (Å²) in [5, 5.41) is 8.02. The number of hydrogen-bond acceptors (Lipinski definition) is 3. The van der Waals surface area contributed by atoms with Crippen molar-refractivity contribution in [3.63, 3.8) is 0 Å². The topological polar surface area (TPSA) is 47.8 Å². The Morgan fingerprint density at radius 2 is 1.64 bits per heavy atom. The van der Waals surface area contributed by atoms with E-state index in [1.165, 1.54) is 49.6 Å². The van der Waals surface area contributed by atoms with Crippen LogP contribution in [0.1, 0.15) is 82.3 Å². The Labute approximate surface area is 151 Å². The number of para-hydroxylation sites is 1. The van der Waals surface area contributed by atoms with Gasteiger partial charge in [0.05, 0.1) is 5.52 Å². The second kappa shape index (κ2) is 11.6. The van der Waals surface area contributed by atoms with Gasteiger partial charge in [0.1, 0.15) is 5.52 Å². The van der Waals surface area contributed by atoms with E-state index in [9.17, 15) is 4.79 Å². The summed E-state index contributed by atoms with van der Waals surface area (Å²) in [6, 6.07) is 7.60. The van der Waals surface area contributed by atoms with Crippen LogP contribution in [0.5, 0.6) is 0 Å². The number of nitrogens with zero attached hydrogens (tertiary/aromatic N) is 3. The largest absolute Gasteiger partial charge is 0.273 e. The van der Waals surface area contributed by atoms with E-state index in [-0.39, 0.29) is 5.91 Å². The Morgan fingerprint density at radius 1 is 0.960 bits per heavy atom. The van der Waals surface area contributed by atoms with E-state index in [1.807, 2.05) is 24.3 Å². The lowest BCUT2D eigenvalue weighted by molar-refractivity contribution is 0.0886. The van der Waals surface area contributed by atoms with Gasteiger partial charge in [-0.25, -0.2) is 0 Å². The summed E-state index contributed by atoms with van der Waals surface area (Å²) >= 11 is 0. The second-order valence-electron chi connectivity index (χ2n) is 6.63. The Kier molecular flexibility index (Phi) is 8.95. The van der Waals surface area contributed by atoms with Crippen LogP contribution < -0.4 is 0 Å². The second-order valence-corrected chi connectivity index (χ2v) is 6.63. The van der Waals surface area contributed by atoms with Gasteiger partial charge in [0.15, 0.2) is 0 Å². The van der Waals surface area contributed by atoms with E-state index in [2.05, 4.69) is 29.4 Å². The quantitative estimate of drug-likeness (QED) is 0.354. The van der Waals surface area contributed by atoms with Crippen LogP contribution in [0.25, 0.3) is 11.0 Å². The molecule has 0 aliphatic heterocycles. The Balaban J connectivity index is 1.50. The number of carbonyl (C=O) groups excluding carboxylic acids is 1. The van der Waals surface area contributed by atoms with Gasteiger partial charge in [0.2, 0.25) is 5.91 Å². The molecule has 0 saturated carbocycles. The van der Waals surface area contributed by atoms with Crippen LogP contribution in [-0.4, -0.2) is 20.9 Å². The number of aromatic nitrogens is 3. The molecule has 25 heavy (non-hydrogen) atoms. The number of allylic oxidation sites excluding steroid dienone is 2. The van der Waals surface area contributed by atoms with Gasteiger partial charge < -0.3 is 0 Å². The molecule has 0 aliphatic carbocycles. The molecule has 0 N–H and O–H groups in total. The van der Waals surface area contributed by atoms with E-state index < -0.39 is 0 Å². The monoisotopic (exact) mass is 341 g/mol. The van der Waals surface area contributed by atoms with Crippen molar-refractivity contribution in [1.29, 1.82) is 0 Å². The average Bonchev–Trinajstić information content (AvgIpc) is 3.06. The molecule has 1 aromatic heterocycles. The van der Waals surface area contributed by atoms with Crippen molar-refractivity contribution in [2.24, 2.45) is 0 Å². The van der Waals surface area contributed by atoms with Crippen molar-refractivity contribution in [1.82, 2.24) is 15.0 Å². The number of carbonyl (C=O) groups is 1. The molecule has 4 heteroatoms. The Hall–Kier alpha value is -1.97. The van der Waals surface area contributed by atoms with Crippen molar-refractivity contribution in [2.45, 2.75) is 77.6 Å². The standard InChI is InChI=1S/C21H31N3O/c1-2-3-4-5-6-7-8-9-10-11-12-13-18-21(25)24-20-17-15-14-16-19(20)22-23-24/h3-4,14-17H,2,5-13,18H2,1H3/b4-3+. The van der Waals surface area contributed by atoms with Gasteiger partial charge in [0.25, 0.3) is 0 Å². The van der Waals surface area contributed by atoms with Crippen molar-refractivity contribution in [3.8, 4) is 0 Å². The van der Waals surface area contributed by atoms with Crippen molar-refractivity contribution >= 4 is 16.9 Å². The first-order valence-corrected chi connectivity index (χ1v) is 9.81. The normalized spacial score (nSPS) is 11.6. The van der Waals surface area contributed by atoms with Gasteiger partial charge in [-0.1, -0.05) is 74.9 Å². The highest BCUT2D eigenvalue weighted by Crippen LogP contribution is 2.13. The fourth-order valence-electron chi connectivity index (χ4n) is 3.04. The molecule has 0 bridgehead atoms. The van der Waals surface area contributed by atoms with Crippen molar-refractivity contribution in [3.05, 3.63) is 36.4 Å². The van der Waals surface area contributed by atoms with E-state index in [4.69, 9.17) is 0 Å². The Morgan fingerprint density at radius 3 is 2.40 bits per heavy atom. The van der Waals surface area contributed by atoms with E-state index in [0.29, 0.717) is 6.42 Å². The minimum absolute atomic E-state index is 0.0498. The zero-order valence-corrected chi connectivity index (χ0v) is 15.5. The predicted octanol–water partition coefficient (Wildman–Crippen LogP) is 5.94. The van der Waals surface area contributed by atoms with E-state index in [1.54, 1.807) is 0 Å². The van der Waals surface area contributed by atoms with Crippen LogP contribution in [-0.2, 0) is 0 Å². The van der Waals surface area contributed by atoms with Gasteiger partial charge in [0, 0.05) is 6.42 Å². The minimum Gasteiger partial charge on any atom is -0.273 e. The van der Waals surface area contributed by atoms with E-state index >= 15 is 0 Å². The summed E-state index contributed by atoms with van der Waals surface area (Å²) in [7, 11) is 0. The molecular formula is C21H31N3O. The SMILES string of the molecule is CC/C=C/CCCCCCCCCCC(=O)n1nnc2ccccc21. The van der Waals surface area contributed by atoms with Gasteiger partial charge >= 0.3 is 0 Å². The van der Waals surface area contributed by atoms with Gasteiger partial charge in [-0.3, -0.25) is 4.79 Å². The number of fused-ring (bicyclic) bond motifs is 1. The van der Waals surface area contributed by atoms with E-state index in [0.717, 1.165) is 30.3 Å². The molecule has 0 spiro atoms. The van der Waals surface area contributed by atoms with Crippen LogP contribution in [0.3, 0.4) is 0 Å². The highest BCUT2D eigenvalue weighted by Gasteiger charge is 2.10. The minimum atomic E-state index is 0.0498. The highest BCUT2D eigenvalue weighted by molar-refractivity contribution is 5.88. The summed E-state index contributed by atoms with van der Waals surface area (Å²) in [5.74, 6) is 0.0498. The third-order valence-corrected chi connectivity index (χ3v) is 4.50. The third kappa shape index (κ3) is 6.81. The number of benzene rings is 1. The molecule has 0 radical (unpaired) electrons. The molecule has 4 nitrogen and oxygen atoms in total. The zero-order chi connectivity index (χ0) is 17.7. The zero-order valence-electron chi connectivity index (χ0n) is 15.5. The maximum atomic E-state index is 12.3. The molecule has 1 heterocycles. The molecule has 0 unspecified atom stereocenters. The fourth-order valence-corrected chi connectivity index (χ4v) is 3.04. The molecule has 0 saturated heterocycles. The lowest BCUT2D eigenvalue weighted by Crippen LogP contribution is -2.12. The van der Waals surface area contributed by atoms with Crippen LogP contribution in [0, 0.1) is 0 Å². The summed E-state index contributed by atoms with van der Waals surface area (Å²) < 4.78 is 1.45. The summed E-state index contributed by atoms with van der Waals surface area (Å²) in [6.07, 6.45) is 17.4. The smallest absolute Gasteiger partial charge is 0.248 e. The summed E-state index contributed by atoms with van der Waals surface area (Å²) in [4.78, 5) is 12.3. The number of hydrogen-bond donors (Lipinski definition) is 0. The summed E-state index contributed by atoms with van der Waals surface area (Å²) in [6.45, 7) is 2.18. The average molecular weight is 341 g/mol.